The van der Waals surface area contributed by atoms with E-state index >= 15 is 0 Å². The molecular formula is C12H14O4. The molecule has 0 amide bonds. The molecule has 4 heteroatoms. The molecule has 86 valence electrons. The molecule has 2 rings (SSSR count). The van der Waals surface area contributed by atoms with Crippen molar-refractivity contribution in [1.29, 1.82) is 0 Å². The smallest absolute Gasteiger partial charge is 0.313 e. The molecule has 0 heterocycles. The van der Waals surface area contributed by atoms with Crippen LogP contribution in [0.1, 0.15) is 17.0 Å². The van der Waals surface area contributed by atoms with Gasteiger partial charge in [0.2, 0.25) is 0 Å². The van der Waals surface area contributed by atoms with E-state index in [0.717, 1.165) is 11.1 Å². The van der Waals surface area contributed by atoms with Crippen LogP contribution in [0, 0.1) is 0 Å². The van der Waals surface area contributed by atoms with E-state index in [2.05, 4.69) is 0 Å². The maximum atomic E-state index is 11.4. The van der Waals surface area contributed by atoms with E-state index in [1.807, 2.05) is 12.1 Å². The third-order valence-electron chi connectivity index (χ3n) is 2.93. The van der Waals surface area contributed by atoms with Crippen molar-refractivity contribution in [3.05, 3.63) is 23.3 Å². The molecular weight excluding hydrogens is 208 g/mol. The van der Waals surface area contributed by atoms with Crippen molar-refractivity contribution in [3.8, 4) is 11.5 Å². The van der Waals surface area contributed by atoms with Gasteiger partial charge in [0, 0.05) is 0 Å². The quantitative estimate of drug-likeness (QED) is 0.727. The van der Waals surface area contributed by atoms with Crippen molar-refractivity contribution in [2.75, 3.05) is 21.3 Å². The van der Waals surface area contributed by atoms with Gasteiger partial charge in [-0.15, -0.1) is 0 Å². The summed E-state index contributed by atoms with van der Waals surface area (Å²) in [6.45, 7) is 0. The van der Waals surface area contributed by atoms with Gasteiger partial charge in [0.25, 0.3) is 0 Å². The Hall–Kier alpha value is -1.71. The average molecular weight is 222 g/mol. The third kappa shape index (κ3) is 1.50. The highest BCUT2D eigenvalue weighted by Gasteiger charge is 2.34. The van der Waals surface area contributed by atoms with Crippen molar-refractivity contribution in [3.63, 3.8) is 0 Å². The zero-order valence-electron chi connectivity index (χ0n) is 9.57. The Morgan fingerprint density at radius 3 is 2.38 bits per heavy atom. The second kappa shape index (κ2) is 4.04. The van der Waals surface area contributed by atoms with Crippen LogP contribution < -0.4 is 9.47 Å². The van der Waals surface area contributed by atoms with Gasteiger partial charge in [-0.05, 0) is 29.7 Å². The normalized spacial score (nSPS) is 17.1. The van der Waals surface area contributed by atoms with Crippen molar-refractivity contribution >= 4 is 5.97 Å². The molecule has 4 nitrogen and oxygen atoms in total. The fourth-order valence-electron chi connectivity index (χ4n) is 1.99. The summed E-state index contributed by atoms with van der Waals surface area (Å²) in [5.41, 5.74) is 2.09. The van der Waals surface area contributed by atoms with Crippen LogP contribution in [0.25, 0.3) is 0 Å². The minimum atomic E-state index is -0.195. The minimum Gasteiger partial charge on any atom is -0.493 e. The fourth-order valence-corrected chi connectivity index (χ4v) is 1.99. The van der Waals surface area contributed by atoms with Gasteiger partial charge in [0.05, 0.1) is 27.2 Å². The van der Waals surface area contributed by atoms with Crippen LogP contribution in [-0.2, 0) is 16.0 Å². The molecule has 0 N–H and O–H groups in total. The summed E-state index contributed by atoms with van der Waals surface area (Å²) >= 11 is 0. The lowest BCUT2D eigenvalue weighted by Crippen LogP contribution is -2.26. The summed E-state index contributed by atoms with van der Waals surface area (Å²) in [6, 6.07) is 3.76. The molecule has 0 saturated heterocycles. The molecule has 0 aliphatic heterocycles. The molecule has 0 saturated carbocycles. The number of methoxy groups -OCH3 is 3. The first-order valence-electron chi connectivity index (χ1n) is 5.04. The summed E-state index contributed by atoms with van der Waals surface area (Å²) in [5.74, 6) is 0.999. The highest BCUT2D eigenvalue weighted by Crippen LogP contribution is 2.42. The second-order valence-electron chi connectivity index (χ2n) is 3.69. The van der Waals surface area contributed by atoms with Gasteiger partial charge < -0.3 is 14.2 Å². The highest BCUT2D eigenvalue weighted by atomic mass is 16.5. The molecule has 0 aromatic heterocycles. The molecule has 16 heavy (non-hydrogen) atoms. The van der Waals surface area contributed by atoms with Crippen LogP contribution in [-0.4, -0.2) is 27.3 Å². The lowest BCUT2D eigenvalue weighted by Gasteiger charge is -2.29. The van der Waals surface area contributed by atoms with E-state index < -0.39 is 0 Å². The maximum absolute atomic E-state index is 11.4. The van der Waals surface area contributed by atoms with Crippen LogP contribution in [0.4, 0.5) is 0 Å². The predicted molar refractivity (Wildman–Crippen MR) is 58.0 cm³/mol. The molecule has 1 aliphatic rings. The SMILES string of the molecule is COC(=O)C1Cc2cc(OC)c(OC)cc21. The van der Waals surface area contributed by atoms with Crippen LogP contribution in [0.3, 0.4) is 0 Å². The van der Waals surface area contributed by atoms with E-state index in [1.165, 1.54) is 7.11 Å². The van der Waals surface area contributed by atoms with Gasteiger partial charge in [0.15, 0.2) is 11.5 Å². The number of esters is 1. The summed E-state index contributed by atoms with van der Waals surface area (Å²) in [7, 11) is 4.58. The summed E-state index contributed by atoms with van der Waals surface area (Å²) < 4.78 is 15.1. The standard InChI is InChI=1S/C12H14O4/c1-14-10-5-7-4-9(12(13)16-3)8(7)6-11(10)15-2/h5-6,9H,4H2,1-3H3. The van der Waals surface area contributed by atoms with Crippen molar-refractivity contribution < 1.29 is 19.0 Å². The third-order valence-corrected chi connectivity index (χ3v) is 2.93. The summed E-state index contributed by atoms with van der Waals surface area (Å²) in [4.78, 5) is 11.4. The van der Waals surface area contributed by atoms with Crippen LogP contribution in [0.5, 0.6) is 11.5 Å². The first-order valence-corrected chi connectivity index (χ1v) is 5.04. The van der Waals surface area contributed by atoms with E-state index in [-0.39, 0.29) is 11.9 Å². The van der Waals surface area contributed by atoms with Gasteiger partial charge in [-0.2, -0.15) is 0 Å². The molecule has 1 unspecified atom stereocenters. The van der Waals surface area contributed by atoms with Crippen molar-refractivity contribution in [2.45, 2.75) is 12.3 Å². The largest absolute Gasteiger partial charge is 0.493 e. The monoisotopic (exact) mass is 222 g/mol. The van der Waals surface area contributed by atoms with Crippen LogP contribution in [0.15, 0.2) is 12.1 Å². The zero-order chi connectivity index (χ0) is 11.7. The molecule has 1 aromatic carbocycles. The Morgan fingerprint density at radius 1 is 1.19 bits per heavy atom. The Balaban J connectivity index is 2.34. The van der Waals surface area contributed by atoms with Gasteiger partial charge in [0.1, 0.15) is 0 Å². The first-order chi connectivity index (χ1) is 7.71. The second-order valence-corrected chi connectivity index (χ2v) is 3.69. The van der Waals surface area contributed by atoms with Crippen LogP contribution >= 0.6 is 0 Å². The predicted octanol–water partition coefficient (Wildman–Crippen LogP) is 1.52. The fraction of sp³-hybridized carbons (Fsp3) is 0.417. The molecule has 1 aliphatic carbocycles. The number of fused-ring (bicyclic) bond motifs is 1. The van der Waals surface area contributed by atoms with Gasteiger partial charge >= 0.3 is 5.97 Å². The Kier molecular flexibility index (Phi) is 2.73. The van der Waals surface area contributed by atoms with Gasteiger partial charge in [-0.1, -0.05) is 0 Å². The molecule has 0 radical (unpaired) electrons. The lowest BCUT2D eigenvalue weighted by atomic mass is 9.77. The number of carbonyl (C=O) groups is 1. The number of carbonyl (C=O) groups excluding carboxylic acids is 1. The highest BCUT2D eigenvalue weighted by molar-refractivity contribution is 5.82. The topological polar surface area (TPSA) is 44.8 Å². The lowest BCUT2D eigenvalue weighted by molar-refractivity contribution is -0.143. The van der Waals surface area contributed by atoms with E-state index in [1.54, 1.807) is 14.2 Å². The van der Waals surface area contributed by atoms with Crippen molar-refractivity contribution in [1.82, 2.24) is 0 Å². The van der Waals surface area contributed by atoms with Gasteiger partial charge in [-0.25, -0.2) is 0 Å². The zero-order valence-corrected chi connectivity index (χ0v) is 9.57. The summed E-state index contributed by atoms with van der Waals surface area (Å²) in [6.07, 6.45) is 0.711. The number of rotatable bonds is 3. The van der Waals surface area contributed by atoms with Crippen molar-refractivity contribution in [2.24, 2.45) is 0 Å². The van der Waals surface area contributed by atoms with Crippen LogP contribution in [0.2, 0.25) is 0 Å². The Labute approximate surface area is 94.1 Å². The Bertz CT molecular complexity index is 425. The number of benzene rings is 1. The van der Waals surface area contributed by atoms with Gasteiger partial charge in [-0.3, -0.25) is 4.79 Å². The van der Waals surface area contributed by atoms with E-state index in [4.69, 9.17) is 14.2 Å². The average Bonchev–Trinajstić information content (AvgIpc) is 2.30. The Morgan fingerprint density at radius 2 is 1.81 bits per heavy atom. The van der Waals surface area contributed by atoms with E-state index in [0.29, 0.717) is 17.9 Å². The maximum Gasteiger partial charge on any atom is 0.313 e. The first kappa shape index (κ1) is 10.8. The molecule has 0 spiro atoms. The number of hydrogen-bond acceptors (Lipinski definition) is 4. The molecule has 1 aromatic rings. The molecule has 0 bridgehead atoms. The minimum absolute atomic E-state index is 0.153. The number of hydrogen-bond donors (Lipinski definition) is 0. The molecule has 1 atom stereocenters. The van der Waals surface area contributed by atoms with E-state index in [9.17, 15) is 4.79 Å². The number of ether oxygens (including phenoxy) is 3. The molecule has 0 fully saturated rings. The summed E-state index contributed by atoms with van der Waals surface area (Å²) in [5, 5.41) is 0.